The lowest BCUT2D eigenvalue weighted by Gasteiger charge is -2.21. The monoisotopic (exact) mass is 291 g/mol. The number of hydrogen-bond acceptors (Lipinski definition) is 3. The number of carbonyl (C=O) groups excluding carboxylic acids is 1. The Morgan fingerprint density at radius 2 is 2.05 bits per heavy atom. The van der Waals surface area contributed by atoms with Crippen LogP contribution in [-0.2, 0) is 6.54 Å². The average Bonchev–Trinajstić information content (AvgIpc) is 2.49. The molecule has 2 N–H and O–H groups in total. The molecule has 0 aliphatic heterocycles. The van der Waals surface area contributed by atoms with Crippen LogP contribution in [0.25, 0.3) is 0 Å². The molecule has 0 saturated carbocycles. The van der Waals surface area contributed by atoms with E-state index in [1.165, 1.54) is 4.90 Å². The Hall–Kier alpha value is -2.50. The molecule has 6 heteroatoms. The molecule has 4 nitrogen and oxygen atoms in total. The molecule has 0 atom stereocenters. The van der Waals surface area contributed by atoms with Gasteiger partial charge in [0, 0.05) is 18.8 Å². The Labute approximate surface area is 121 Å². The molecule has 0 unspecified atom stereocenters. The van der Waals surface area contributed by atoms with Gasteiger partial charge in [-0.3, -0.25) is 9.78 Å². The molecule has 0 aliphatic carbocycles. The van der Waals surface area contributed by atoms with Gasteiger partial charge in [0.25, 0.3) is 5.91 Å². The van der Waals surface area contributed by atoms with Gasteiger partial charge in [0.1, 0.15) is 11.6 Å². The number of benzene rings is 1. The summed E-state index contributed by atoms with van der Waals surface area (Å²) in [5, 5.41) is 0. The lowest BCUT2D eigenvalue weighted by atomic mass is 10.1. The van der Waals surface area contributed by atoms with E-state index in [0.29, 0.717) is 18.3 Å². The summed E-state index contributed by atoms with van der Waals surface area (Å²) in [5.41, 5.74) is 5.58. The summed E-state index contributed by atoms with van der Waals surface area (Å²) in [6.45, 7) is 2.38. The van der Waals surface area contributed by atoms with Gasteiger partial charge < -0.3 is 10.6 Å². The second kappa shape index (κ2) is 6.30. The zero-order valence-electron chi connectivity index (χ0n) is 11.5. The first-order valence-electron chi connectivity index (χ1n) is 6.46. The van der Waals surface area contributed by atoms with Crippen LogP contribution in [-0.4, -0.2) is 22.3 Å². The van der Waals surface area contributed by atoms with Crippen LogP contribution in [0, 0.1) is 11.6 Å². The van der Waals surface area contributed by atoms with Gasteiger partial charge in [0.2, 0.25) is 0 Å². The van der Waals surface area contributed by atoms with Crippen molar-refractivity contribution in [2.75, 3.05) is 12.3 Å². The van der Waals surface area contributed by atoms with E-state index in [2.05, 4.69) is 4.98 Å². The molecule has 0 fully saturated rings. The van der Waals surface area contributed by atoms with E-state index in [4.69, 9.17) is 5.73 Å². The van der Waals surface area contributed by atoms with E-state index in [1.54, 1.807) is 31.3 Å². The highest BCUT2D eigenvalue weighted by Crippen LogP contribution is 2.19. The molecule has 0 aliphatic rings. The minimum atomic E-state index is -0.925. The Morgan fingerprint density at radius 3 is 2.67 bits per heavy atom. The number of halogens is 2. The molecule has 1 aromatic heterocycles. The molecule has 2 aromatic rings. The van der Waals surface area contributed by atoms with Gasteiger partial charge in [-0.25, -0.2) is 8.78 Å². The van der Waals surface area contributed by atoms with Crippen molar-refractivity contribution in [2.45, 2.75) is 13.5 Å². The molecule has 0 radical (unpaired) electrons. The van der Waals surface area contributed by atoms with E-state index < -0.39 is 17.5 Å². The van der Waals surface area contributed by atoms with Crippen LogP contribution >= 0.6 is 0 Å². The second-order valence-corrected chi connectivity index (χ2v) is 4.49. The summed E-state index contributed by atoms with van der Waals surface area (Å²) >= 11 is 0. The van der Waals surface area contributed by atoms with Crippen molar-refractivity contribution in [1.29, 1.82) is 0 Å². The Balaban J connectivity index is 2.26. The predicted molar refractivity (Wildman–Crippen MR) is 75.4 cm³/mol. The molecule has 1 aromatic carbocycles. The zero-order valence-corrected chi connectivity index (χ0v) is 11.5. The maximum Gasteiger partial charge on any atom is 0.257 e. The van der Waals surface area contributed by atoms with Crippen LogP contribution in [0.5, 0.6) is 0 Å². The molecular formula is C15H15F2N3O. The van der Waals surface area contributed by atoms with Crippen molar-refractivity contribution in [3.63, 3.8) is 0 Å². The fourth-order valence-corrected chi connectivity index (χ4v) is 1.91. The van der Waals surface area contributed by atoms with Crippen molar-refractivity contribution in [2.24, 2.45) is 0 Å². The Bertz CT molecular complexity index is 647. The summed E-state index contributed by atoms with van der Waals surface area (Å²) in [5.74, 6) is -2.35. The van der Waals surface area contributed by atoms with Gasteiger partial charge in [0.05, 0.1) is 23.5 Å². The molecular weight excluding hydrogens is 276 g/mol. The first kappa shape index (κ1) is 14.9. The van der Waals surface area contributed by atoms with Crippen LogP contribution in [0.4, 0.5) is 14.5 Å². The summed E-state index contributed by atoms with van der Waals surface area (Å²) < 4.78 is 26.9. The molecule has 110 valence electrons. The number of nitrogen functional groups attached to an aromatic ring is 1. The number of carbonyl (C=O) groups is 1. The van der Waals surface area contributed by atoms with E-state index in [-0.39, 0.29) is 17.8 Å². The molecule has 21 heavy (non-hydrogen) atoms. The van der Waals surface area contributed by atoms with Crippen molar-refractivity contribution < 1.29 is 13.6 Å². The average molecular weight is 291 g/mol. The van der Waals surface area contributed by atoms with Crippen LogP contribution in [0.3, 0.4) is 0 Å². The largest absolute Gasteiger partial charge is 0.396 e. The van der Waals surface area contributed by atoms with Gasteiger partial charge in [-0.05, 0) is 25.1 Å². The molecule has 1 heterocycles. The number of hydrogen-bond donors (Lipinski definition) is 1. The quantitative estimate of drug-likeness (QED) is 0.881. The number of nitrogens with two attached hydrogens (primary N) is 1. The van der Waals surface area contributed by atoms with Crippen molar-refractivity contribution in [3.8, 4) is 0 Å². The van der Waals surface area contributed by atoms with E-state index in [9.17, 15) is 13.6 Å². The third-order valence-corrected chi connectivity index (χ3v) is 3.06. The third kappa shape index (κ3) is 3.34. The van der Waals surface area contributed by atoms with Crippen molar-refractivity contribution in [3.05, 3.63) is 59.4 Å². The van der Waals surface area contributed by atoms with Crippen molar-refractivity contribution in [1.82, 2.24) is 9.88 Å². The highest BCUT2D eigenvalue weighted by Gasteiger charge is 2.20. The number of rotatable bonds is 4. The van der Waals surface area contributed by atoms with Gasteiger partial charge in [-0.2, -0.15) is 0 Å². The molecule has 2 rings (SSSR count). The molecule has 1 amide bonds. The van der Waals surface area contributed by atoms with Crippen LogP contribution in [0.15, 0.2) is 36.5 Å². The lowest BCUT2D eigenvalue weighted by Crippen LogP contribution is -2.31. The maximum atomic E-state index is 13.8. The van der Waals surface area contributed by atoms with Crippen LogP contribution < -0.4 is 5.73 Å². The fraction of sp³-hybridized carbons (Fsp3) is 0.200. The van der Waals surface area contributed by atoms with E-state index in [1.807, 2.05) is 0 Å². The summed E-state index contributed by atoms with van der Waals surface area (Å²) in [6, 6.07) is 6.98. The SMILES string of the molecule is CCN(Cc1ccccn1)C(=O)c1cc(N)c(F)cc1F. The Kier molecular flexibility index (Phi) is 4.47. The third-order valence-electron chi connectivity index (χ3n) is 3.06. The normalized spacial score (nSPS) is 10.4. The smallest absolute Gasteiger partial charge is 0.257 e. The molecule has 0 saturated heterocycles. The topological polar surface area (TPSA) is 59.2 Å². The van der Waals surface area contributed by atoms with Crippen LogP contribution in [0.2, 0.25) is 0 Å². The predicted octanol–water partition coefficient (Wildman–Crippen LogP) is 2.60. The molecule has 0 bridgehead atoms. The standard InChI is InChI=1S/C15H15F2N3O/c1-2-20(9-10-5-3-4-6-19-10)15(21)11-7-14(18)13(17)8-12(11)16/h3-8H,2,9,18H2,1H3. The zero-order chi connectivity index (χ0) is 15.4. The van der Waals surface area contributed by atoms with Crippen molar-refractivity contribution >= 4 is 11.6 Å². The molecule has 0 spiro atoms. The number of aromatic nitrogens is 1. The second-order valence-electron chi connectivity index (χ2n) is 4.49. The Morgan fingerprint density at radius 1 is 1.29 bits per heavy atom. The highest BCUT2D eigenvalue weighted by molar-refractivity contribution is 5.95. The minimum Gasteiger partial charge on any atom is -0.396 e. The van der Waals surface area contributed by atoms with Gasteiger partial charge in [-0.1, -0.05) is 6.07 Å². The summed E-state index contributed by atoms with van der Waals surface area (Å²) in [6.07, 6.45) is 1.62. The number of nitrogens with zero attached hydrogens (tertiary/aromatic N) is 2. The van der Waals surface area contributed by atoms with E-state index >= 15 is 0 Å². The van der Waals surface area contributed by atoms with Gasteiger partial charge in [0.15, 0.2) is 0 Å². The minimum absolute atomic E-state index is 0.243. The first-order chi connectivity index (χ1) is 10.0. The summed E-state index contributed by atoms with van der Waals surface area (Å²) in [7, 11) is 0. The summed E-state index contributed by atoms with van der Waals surface area (Å²) in [4.78, 5) is 17.9. The number of pyridine rings is 1. The highest BCUT2D eigenvalue weighted by atomic mass is 19.1. The van der Waals surface area contributed by atoms with E-state index in [0.717, 1.165) is 6.07 Å². The number of anilines is 1. The lowest BCUT2D eigenvalue weighted by molar-refractivity contribution is 0.0746. The van der Waals surface area contributed by atoms with Gasteiger partial charge >= 0.3 is 0 Å². The van der Waals surface area contributed by atoms with Crippen LogP contribution in [0.1, 0.15) is 23.0 Å². The fourth-order valence-electron chi connectivity index (χ4n) is 1.91. The van der Waals surface area contributed by atoms with Gasteiger partial charge in [-0.15, -0.1) is 0 Å². The first-order valence-corrected chi connectivity index (χ1v) is 6.46. The number of amides is 1. The maximum absolute atomic E-state index is 13.8.